The van der Waals surface area contributed by atoms with Crippen molar-refractivity contribution in [2.45, 2.75) is 54.7 Å². The topological polar surface area (TPSA) is 132 Å². The van der Waals surface area contributed by atoms with E-state index in [1.165, 1.54) is 28.0 Å². The van der Waals surface area contributed by atoms with Crippen molar-refractivity contribution in [2.24, 2.45) is 0 Å². The number of halogens is 4. The molecule has 0 atom stereocenters. The smallest absolute Gasteiger partial charge is 0.314 e. The molecule has 5 amide bonds. The van der Waals surface area contributed by atoms with Crippen LogP contribution in [-0.4, -0.2) is 87.8 Å². The molecular weight excluding hydrogens is 673 g/mol. The quantitative estimate of drug-likeness (QED) is 0.279. The fourth-order valence-electron chi connectivity index (χ4n) is 5.36. The molecule has 0 unspecified atom stereocenters. The van der Waals surface area contributed by atoms with Crippen molar-refractivity contribution in [3.05, 3.63) is 59.1 Å². The molecule has 250 valence electrons. The summed E-state index contributed by atoms with van der Waals surface area (Å²) in [6.45, 7) is 6.51. The molecule has 2 heterocycles. The van der Waals surface area contributed by atoms with E-state index in [1.54, 1.807) is 39.8 Å². The van der Waals surface area contributed by atoms with Crippen molar-refractivity contribution in [3.63, 3.8) is 0 Å². The summed E-state index contributed by atoms with van der Waals surface area (Å²) in [5.74, 6) is -0.569. The summed E-state index contributed by atoms with van der Waals surface area (Å²) in [6, 6.07) is 5.11. The fourth-order valence-corrected chi connectivity index (χ4v) is 7.57. The van der Waals surface area contributed by atoms with Gasteiger partial charge in [0, 0.05) is 31.3 Å². The van der Waals surface area contributed by atoms with E-state index in [0.717, 1.165) is 28.2 Å². The van der Waals surface area contributed by atoms with Crippen LogP contribution >= 0.6 is 11.6 Å². The minimum absolute atomic E-state index is 0.0109. The molecular formula is C29H32ClF3N4O7S2. The van der Waals surface area contributed by atoms with Crippen LogP contribution in [0.2, 0.25) is 5.02 Å². The predicted octanol–water partition coefficient (Wildman–Crippen LogP) is 4.99. The van der Waals surface area contributed by atoms with Crippen molar-refractivity contribution in [3.8, 4) is 0 Å². The van der Waals surface area contributed by atoms with Gasteiger partial charge in [-0.2, -0.15) is 13.2 Å². The molecule has 4 rings (SSSR count). The van der Waals surface area contributed by atoms with Crippen LogP contribution in [0.25, 0.3) is 0 Å². The third kappa shape index (κ3) is 6.47. The first kappa shape index (κ1) is 35.2. The number of benzene rings is 2. The van der Waals surface area contributed by atoms with E-state index in [4.69, 9.17) is 11.6 Å². The summed E-state index contributed by atoms with van der Waals surface area (Å²) in [6.07, 6.45) is -0.157. The number of hydrogen-bond donors (Lipinski definition) is 0. The molecule has 2 aliphatic heterocycles. The Morgan fingerprint density at radius 2 is 1.33 bits per heavy atom. The molecule has 0 spiro atoms. The molecule has 2 aliphatic rings. The van der Waals surface area contributed by atoms with Crippen molar-refractivity contribution >= 4 is 60.6 Å². The van der Waals surface area contributed by atoms with Crippen molar-refractivity contribution in [1.29, 1.82) is 0 Å². The molecule has 0 aliphatic carbocycles. The maximum atomic E-state index is 13.7. The van der Waals surface area contributed by atoms with Crippen LogP contribution in [0.1, 0.15) is 33.3 Å². The van der Waals surface area contributed by atoms with Crippen LogP contribution < -0.4 is 9.80 Å². The summed E-state index contributed by atoms with van der Waals surface area (Å²) in [5.41, 5.74) is -3.53. The first-order valence-corrected chi connectivity index (χ1v) is 17.9. The maximum Gasteiger partial charge on any atom is 0.417 e. The van der Waals surface area contributed by atoms with E-state index >= 15 is 0 Å². The number of hydrogen-bond acceptors (Lipinski definition) is 7. The van der Waals surface area contributed by atoms with Crippen molar-refractivity contribution < 1.29 is 44.4 Å². The second-order valence-corrected chi connectivity index (χ2v) is 16.6. The number of anilines is 2. The van der Waals surface area contributed by atoms with Gasteiger partial charge in [-0.25, -0.2) is 31.3 Å². The first-order valence-electron chi connectivity index (χ1n) is 13.7. The Balaban J connectivity index is 1.52. The van der Waals surface area contributed by atoms with Gasteiger partial charge in [0.05, 0.1) is 38.1 Å². The largest absolute Gasteiger partial charge is 0.417 e. The van der Waals surface area contributed by atoms with Crippen LogP contribution in [-0.2, 0) is 30.6 Å². The average molecular weight is 705 g/mol. The summed E-state index contributed by atoms with van der Waals surface area (Å²) < 4.78 is 89.0. The molecule has 0 N–H and O–H groups in total. The van der Waals surface area contributed by atoms with E-state index < -0.39 is 65.4 Å². The lowest BCUT2D eigenvalue weighted by molar-refractivity contribution is -0.139. The number of carbonyl (C=O) groups is 3. The lowest BCUT2D eigenvalue weighted by Crippen LogP contribution is -2.44. The first-order chi connectivity index (χ1) is 20.9. The number of carbonyl (C=O) groups excluding carboxylic acids is 3. The van der Waals surface area contributed by atoms with Crippen molar-refractivity contribution in [1.82, 2.24) is 9.80 Å². The number of nitrogens with zero attached hydrogens (tertiary/aromatic N) is 4. The van der Waals surface area contributed by atoms with Crippen molar-refractivity contribution in [2.75, 3.05) is 41.9 Å². The van der Waals surface area contributed by atoms with Gasteiger partial charge in [-0.05, 0) is 64.1 Å². The number of sulfone groups is 2. The average Bonchev–Trinajstić information content (AvgIpc) is 3.23. The van der Waals surface area contributed by atoms with Crippen LogP contribution in [0, 0.1) is 0 Å². The molecule has 17 heteroatoms. The molecule has 2 saturated heterocycles. The third-order valence-electron chi connectivity index (χ3n) is 7.86. The Morgan fingerprint density at radius 1 is 0.804 bits per heavy atom. The number of alkyl halides is 3. The third-order valence-corrected chi connectivity index (χ3v) is 10.6. The fraction of sp³-hybridized carbons (Fsp3) is 0.414. The minimum Gasteiger partial charge on any atom is -0.314 e. The normalized spacial score (nSPS) is 18.9. The highest BCUT2D eigenvalue weighted by Crippen LogP contribution is 2.39. The van der Waals surface area contributed by atoms with Gasteiger partial charge in [-0.3, -0.25) is 9.69 Å². The monoisotopic (exact) mass is 704 g/mol. The molecule has 0 bridgehead atoms. The van der Waals surface area contributed by atoms with Gasteiger partial charge in [-0.1, -0.05) is 23.8 Å². The molecule has 11 nitrogen and oxygen atoms in total. The zero-order chi connectivity index (χ0) is 34.8. The summed E-state index contributed by atoms with van der Waals surface area (Å²) in [5, 5.41) is -0.148. The molecule has 2 fully saturated rings. The van der Waals surface area contributed by atoms with E-state index in [1.807, 2.05) is 0 Å². The second kappa shape index (κ2) is 11.6. The highest BCUT2D eigenvalue weighted by molar-refractivity contribution is 7.91. The van der Waals surface area contributed by atoms with E-state index in [9.17, 15) is 44.4 Å². The summed E-state index contributed by atoms with van der Waals surface area (Å²) >= 11 is 6.13. The zero-order valence-corrected chi connectivity index (χ0v) is 28.1. The molecule has 2 aromatic carbocycles. The van der Waals surface area contributed by atoms with Gasteiger partial charge in [0.1, 0.15) is 5.54 Å². The number of urea groups is 2. The Kier molecular flexibility index (Phi) is 8.85. The highest BCUT2D eigenvalue weighted by atomic mass is 35.5. The molecule has 46 heavy (non-hydrogen) atoms. The Morgan fingerprint density at radius 3 is 1.85 bits per heavy atom. The molecule has 0 aromatic heterocycles. The highest BCUT2D eigenvalue weighted by Gasteiger charge is 2.51. The summed E-state index contributed by atoms with van der Waals surface area (Å²) in [4.78, 5) is 43.7. The van der Waals surface area contributed by atoms with Gasteiger partial charge in [0.15, 0.2) is 19.7 Å². The molecule has 2 aromatic rings. The number of rotatable bonds is 8. The van der Waals surface area contributed by atoms with Gasteiger partial charge < -0.3 is 9.80 Å². The van der Waals surface area contributed by atoms with Crippen LogP contribution in [0.3, 0.4) is 0 Å². The lowest BCUT2D eigenvalue weighted by Gasteiger charge is -2.29. The Bertz CT molecular complexity index is 1880. The zero-order valence-electron chi connectivity index (χ0n) is 25.7. The van der Waals surface area contributed by atoms with Gasteiger partial charge in [-0.15, -0.1) is 0 Å². The van der Waals surface area contributed by atoms with Gasteiger partial charge in [0.25, 0.3) is 5.91 Å². The predicted molar refractivity (Wildman–Crippen MR) is 165 cm³/mol. The lowest BCUT2D eigenvalue weighted by atomic mass is 10.0. The summed E-state index contributed by atoms with van der Waals surface area (Å²) in [7, 11) is -7.83. The molecule has 0 saturated carbocycles. The van der Waals surface area contributed by atoms with Gasteiger partial charge in [0.2, 0.25) is 0 Å². The van der Waals surface area contributed by atoms with Crippen LogP contribution in [0.4, 0.5) is 34.1 Å². The van der Waals surface area contributed by atoms with E-state index in [-0.39, 0.29) is 40.9 Å². The molecule has 0 radical (unpaired) electrons. The second-order valence-electron chi connectivity index (χ2n) is 12.2. The number of imide groups is 1. The number of amides is 5. The van der Waals surface area contributed by atoms with Crippen LogP contribution in [0.15, 0.2) is 58.3 Å². The minimum atomic E-state index is -4.97. The van der Waals surface area contributed by atoms with E-state index in [2.05, 4.69) is 0 Å². The maximum absolute atomic E-state index is 13.7. The Labute approximate surface area is 270 Å². The van der Waals surface area contributed by atoms with Crippen LogP contribution in [0.5, 0.6) is 0 Å². The van der Waals surface area contributed by atoms with Gasteiger partial charge >= 0.3 is 18.2 Å². The SMILES string of the molecule is CC1(C)CN(c2ccc(S(C)(=O)=O)c(C(F)(F)F)c2)C(=O)N1C/C=C\CN1C(=O)N(c2ccc(S(C)(=O)=O)c(Cl)c2)C(=O)C1(C)C. The van der Waals surface area contributed by atoms with E-state index in [0.29, 0.717) is 12.3 Å². The Hall–Kier alpha value is -3.63. The standard InChI is InChI=1S/C29H32ClF3N4O7S2/c1-27(2)17-34(18-9-11-22(45(5,41)42)20(15-18)29(31,32)33)25(39)35(27)13-7-8-14-36-26(40)37(24(38)28(36,3)4)19-10-12-23(21(30)16-19)46(6,43)44/h7-12,15-16H,13-14,17H2,1-6H3/b8-7-.